The second kappa shape index (κ2) is 7.81. The van der Waals surface area contributed by atoms with Crippen LogP contribution in [0.1, 0.15) is 36.7 Å². The fourth-order valence-electron chi connectivity index (χ4n) is 3.78. The van der Waals surface area contributed by atoms with E-state index in [-0.39, 0.29) is 23.7 Å². The summed E-state index contributed by atoms with van der Waals surface area (Å²) in [6.45, 7) is 0.913. The molecular weight excluding hydrogens is 383 g/mol. The molecule has 1 unspecified atom stereocenters. The van der Waals surface area contributed by atoms with Gasteiger partial charge in [-0.05, 0) is 24.5 Å². The number of carbonyl (C=O) groups is 1. The zero-order chi connectivity index (χ0) is 20.4. The van der Waals surface area contributed by atoms with Crippen LogP contribution in [0, 0.1) is 5.92 Å². The smallest absolute Gasteiger partial charge is 0.356 e. The van der Waals surface area contributed by atoms with Crippen LogP contribution in [-0.2, 0) is 11.0 Å². The molecule has 1 aromatic heterocycles. The minimum absolute atomic E-state index is 0.0362. The van der Waals surface area contributed by atoms with Gasteiger partial charge in [-0.2, -0.15) is 18.3 Å². The van der Waals surface area contributed by atoms with Crippen LogP contribution in [-0.4, -0.2) is 40.2 Å². The number of carbonyl (C=O) groups excluding carboxylic acids is 1. The largest absolute Gasteiger partial charge is 0.451 e. The standard InChI is InChI=1S/C20H20F3N5O/c21-20(22,23)19-24-10-7-17(26-19)27-12-8-15(9-13-27)18(29)28-16(6-11-25-28)14-4-2-1-3-5-14/h1-5,7,10-11,15-16H,6,8-9,12-13H2. The molecule has 0 saturated carbocycles. The molecule has 0 N–H and O–H groups in total. The third-order valence-corrected chi connectivity index (χ3v) is 5.30. The molecule has 6 nitrogen and oxygen atoms in total. The van der Waals surface area contributed by atoms with E-state index in [0.29, 0.717) is 32.4 Å². The average Bonchev–Trinajstić information content (AvgIpc) is 3.23. The van der Waals surface area contributed by atoms with E-state index in [2.05, 4.69) is 15.1 Å². The van der Waals surface area contributed by atoms with E-state index >= 15 is 0 Å². The van der Waals surface area contributed by atoms with Crippen LogP contribution in [0.25, 0.3) is 0 Å². The zero-order valence-electron chi connectivity index (χ0n) is 15.6. The minimum atomic E-state index is -4.58. The molecule has 0 bridgehead atoms. The van der Waals surface area contributed by atoms with Crippen molar-refractivity contribution in [3.8, 4) is 0 Å². The fraction of sp³-hybridized carbons (Fsp3) is 0.400. The van der Waals surface area contributed by atoms with Crippen LogP contribution in [0.3, 0.4) is 0 Å². The Labute approximate surface area is 166 Å². The van der Waals surface area contributed by atoms with Gasteiger partial charge in [-0.15, -0.1) is 0 Å². The highest BCUT2D eigenvalue weighted by Gasteiger charge is 2.37. The Balaban J connectivity index is 1.41. The van der Waals surface area contributed by atoms with Gasteiger partial charge < -0.3 is 4.90 Å². The summed E-state index contributed by atoms with van der Waals surface area (Å²) in [4.78, 5) is 21.7. The monoisotopic (exact) mass is 403 g/mol. The molecule has 3 heterocycles. The van der Waals surface area contributed by atoms with Crippen LogP contribution < -0.4 is 4.90 Å². The summed E-state index contributed by atoms with van der Waals surface area (Å²) in [6.07, 6.45) is 0.0474. The lowest BCUT2D eigenvalue weighted by atomic mass is 9.94. The maximum Gasteiger partial charge on any atom is 0.451 e. The van der Waals surface area contributed by atoms with Gasteiger partial charge in [0.05, 0.1) is 6.04 Å². The molecule has 1 fully saturated rings. The van der Waals surface area contributed by atoms with Crippen molar-refractivity contribution in [1.82, 2.24) is 15.0 Å². The second-order valence-electron chi connectivity index (χ2n) is 7.14. The van der Waals surface area contributed by atoms with Gasteiger partial charge >= 0.3 is 6.18 Å². The minimum Gasteiger partial charge on any atom is -0.356 e. The Morgan fingerprint density at radius 1 is 1.07 bits per heavy atom. The lowest BCUT2D eigenvalue weighted by molar-refractivity contribution is -0.144. The average molecular weight is 403 g/mol. The predicted molar refractivity (Wildman–Crippen MR) is 101 cm³/mol. The summed E-state index contributed by atoms with van der Waals surface area (Å²) in [7, 11) is 0. The Morgan fingerprint density at radius 3 is 2.48 bits per heavy atom. The number of alkyl halides is 3. The van der Waals surface area contributed by atoms with Crippen molar-refractivity contribution in [1.29, 1.82) is 0 Å². The Bertz CT molecular complexity index is 894. The third-order valence-electron chi connectivity index (χ3n) is 5.30. The molecule has 0 aliphatic carbocycles. The van der Waals surface area contributed by atoms with Gasteiger partial charge in [-0.3, -0.25) is 4.79 Å². The van der Waals surface area contributed by atoms with E-state index in [0.717, 1.165) is 11.8 Å². The molecule has 1 atom stereocenters. The first-order valence-corrected chi connectivity index (χ1v) is 9.49. The molecule has 152 valence electrons. The highest BCUT2D eigenvalue weighted by atomic mass is 19.4. The lowest BCUT2D eigenvalue weighted by Crippen LogP contribution is -2.41. The maximum absolute atomic E-state index is 13.0. The molecule has 1 amide bonds. The van der Waals surface area contributed by atoms with Gasteiger partial charge in [0.15, 0.2) is 0 Å². The number of benzene rings is 1. The number of hydrazone groups is 1. The summed E-state index contributed by atoms with van der Waals surface area (Å²) >= 11 is 0. The van der Waals surface area contributed by atoms with Crippen molar-refractivity contribution in [3.63, 3.8) is 0 Å². The number of halogens is 3. The number of nitrogens with zero attached hydrogens (tertiary/aromatic N) is 5. The van der Waals surface area contributed by atoms with Crippen LogP contribution in [0.5, 0.6) is 0 Å². The highest BCUT2D eigenvalue weighted by molar-refractivity contribution is 5.82. The maximum atomic E-state index is 13.0. The van der Waals surface area contributed by atoms with Gasteiger partial charge in [-0.1, -0.05) is 30.3 Å². The number of aromatic nitrogens is 2. The number of rotatable bonds is 3. The summed E-state index contributed by atoms with van der Waals surface area (Å²) in [5.41, 5.74) is 1.04. The van der Waals surface area contributed by atoms with Crippen LogP contribution in [0.15, 0.2) is 47.7 Å². The first-order chi connectivity index (χ1) is 13.9. The van der Waals surface area contributed by atoms with E-state index in [9.17, 15) is 18.0 Å². The van der Waals surface area contributed by atoms with E-state index in [1.54, 1.807) is 16.1 Å². The number of piperidine rings is 1. The van der Waals surface area contributed by atoms with Gasteiger partial charge in [-0.25, -0.2) is 15.0 Å². The van der Waals surface area contributed by atoms with Crippen LogP contribution in [0.2, 0.25) is 0 Å². The van der Waals surface area contributed by atoms with Crippen molar-refractivity contribution in [2.24, 2.45) is 11.0 Å². The summed E-state index contributed by atoms with van der Waals surface area (Å²) in [6, 6.07) is 11.1. The van der Waals surface area contributed by atoms with E-state index < -0.39 is 12.0 Å². The van der Waals surface area contributed by atoms with Crippen LogP contribution in [0.4, 0.5) is 19.0 Å². The lowest BCUT2D eigenvalue weighted by Gasteiger charge is -2.34. The molecule has 9 heteroatoms. The van der Waals surface area contributed by atoms with E-state index in [4.69, 9.17) is 0 Å². The predicted octanol–water partition coefficient (Wildman–Crippen LogP) is 3.67. The topological polar surface area (TPSA) is 61.7 Å². The molecule has 2 aliphatic rings. The second-order valence-corrected chi connectivity index (χ2v) is 7.14. The molecule has 2 aromatic rings. The zero-order valence-corrected chi connectivity index (χ0v) is 15.6. The first-order valence-electron chi connectivity index (χ1n) is 9.49. The molecule has 4 rings (SSSR count). The fourth-order valence-corrected chi connectivity index (χ4v) is 3.78. The molecule has 0 spiro atoms. The van der Waals surface area contributed by atoms with Crippen molar-refractivity contribution >= 4 is 17.9 Å². The van der Waals surface area contributed by atoms with Crippen molar-refractivity contribution in [3.05, 3.63) is 54.0 Å². The molecule has 2 aliphatic heterocycles. The number of anilines is 1. The van der Waals surface area contributed by atoms with E-state index in [1.165, 1.54) is 6.07 Å². The summed E-state index contributed by atoms with van der Waals surface area (Å²) in [5, 5.41) is 5.84. The van der Waals surface area contributed by atoms with Crippen molar-refractivity contribution < 1.29 is 18.0 Å². The van der Waals surface area contributed by atoms with E-state index in [1.807, 2.05) is 30.3 Å². The number of hydrogen-bond acceptors (Lipinski definition) is 5. The molecule has 0 radical (unpaired) electrons. The SMILES string of the molecule is O=C(C1CCN(c2ccnc(C(F)(F)F)n2)CC1)N1N=CCC1c1ccccc1. The van der Waals surface area contributed by atoms with Crippen molar-refractivity contribution in [2.45, 2.75) is 31.5 Å². The molecule has 1 saturated heterocycles. The van der Waals surface area contributed by atoms with Crippen molar-refractivity contribution in [2.75, 3.05) is 18.0 Å². The number of amides is 1. The van der Waals surface area contributed by atoms with Crippen LogP contribution >= 0.6 is 0 Å². The Hall–Kier alpha value is -2.97. The Morgan fingerprint density at radius 2 is 1.79 bits per heavy atom. The van der Waals surface area contributed by atoms with Gasteiger partial charge in [0.25, 0.3) is 0 Å². The summed E-state index contributed by atoms with van der Waals surface area (Å²) < 4.78 is 38.5. The normalized spacial score (nSPS) is 20.3. The summed E-state index contributed by atoms with van der Waals surface area (Å²) in [5.74, 6) is -1.16. The van der Waals surface area contributed by atoms with Gasteiger partial charge in [0, 0.05) is 37.8 Å². The number of hydrogen-bond donors (Lipinski definition) is 0. The van der Waals surface area contributed by atoms with Gasteiger partial charge in [0.1, 0.15) is 5.82 Å². The Kier molecular flexibility index (Phi) is 5.21. The first kappa shape index (κ1) is 19.4. The van der Waals surface area contributed by atoms with Gasteiger partial charge in [0.2, 0.25) is 11.7 Å². The molecule has 29 heavy (non-hydrogen) atoms. The third kappa shape index (κ3) is 4.08. The molecular formula is C20H20F3N5O. The highest BCUT2D eigenvalue weighted by Crippen LogP contribution is 2.33. The quantitative estimate of drug-likeness (QED) is 0.785. The molecule has 1 aromatic carbocycles.